The van der Waals surface area contributed by atoms with Gasteiger partial charge in [0.2, 0.25) is 0 Å². The van der Waals surface area contributed by atoms with E-state index in [-0.39, 0.29) is 5.41 Å². The zero-order chi connectivity index (χ0) is 11.2. The van der Waals surface area contributed by atoms with Crippen LogP contribution in [0.1, 0.15) is 24.8 Å². The molecule has 2 N–H and O–H groups in total. The van der Waals surface area contributed by atoms with Crippen LogP contribution in [-0.4, -0.2) is 11.1 Å². The molecule has 0 atom stereocenters. The van der Waals surface area contributed by atoms with E-state index in [1.54, 1.807) is 0 Å². The Morgan fingerprint density at radius 2 is 2.06 bits per heavy atom. The molecule has 0 radical (unpaired) electrons. The van der Waals surface area contributed by atoms with E-state index >= 15 is 0 Å². The van der Waals surface area contributed by atoms with Gasteiger partial charge in [0.05, 0.1) is 0 Å². The minimum atomic E-state index is 0.265. The number of aromatic nitrogens is 1. The van der Waals surface area contributed by atoms with Gasteiger partial charge in [0, 0.05) is 36.1 Å². The number of nitrogens with two attached hydrogens (primary N) is 1. The van der Waals surface area contributed by atoms with Crippen LogP contribution in [0.25, 0.3) is 10.9 Å². The number of hydrogen-bond acceptors (Lipinski definition) is 1. The Bertz CT molecular complexity index is 515. The number of hydrogen-bond donors (Lipinski definition) is 1. The zero-order valence-corrected chi connectivity index (χ0v) is 9.74. The van der Waals surface area contributed by atoms with Gasteiger partial charge in [-0.25, -0.2) is 0 Å². The van der Waals surface area contributed by atoms with Crippen LogP contribution in [0.15, 0.2) is 30.5 Å². The van der Waals surface area contributed by atoms with Crippen LogP contribution in [0, 0.1) is 0 Å². The average Bonchev–Trinajstić information content (AvgIpc) is 2.58. The predicted octanol–water partition coefficient (Wildman–Crippen LogP) is 2.56. The van der Waals surface area contributed by atoms with Crippen LogP contribution in [0.5, 0.6) is 0 Å². The van der Waals surface area contributed by atoms with Gasteiger partial charge in [0.25, 0.3) is 0 Å². The van der Waals surface area contributed by atoms with Gasteiger partial charge in [0.15, 0.2) is 0 Å². The molecule has 0 spiro atoms. The van der Waals surface area contributed by atoms with Crippen molar-refractivity contribution >= 4 is 10.9 Å². The quantitative estimate of drug-likeness (QED) is 0.818. The zero-order valence-electron chi connectivity index (χ0n) is 9.74. The molecular weight excluding hydrogens is 196 g/mol. The van der Waals surface area contributed by atoms with E-state index in [1.807, 2.05) is 0 Å². The van der Waals surface area contributed by atoms with E-state index in [0.717, 1.165) is 6.54 Å². The highest BCUT2D eigenvalue weighted by Crippen LogP contribution is 2.45. The van der Waals surface area contributed by atoms with Crippen LogP contribution < -0.4 is 5.73 Å². The number of nitrogens with zero attached hydrogens (tertiary/aromatic N) is 1. The molecule has 1 aromatic heterocycles. The van der Waals surface area contributed by atoms with Crippen molar-refractivity contribution in [1.29, 1.82) is 0 Å². The van der Waals surface area contributed by atoms with E-state index in [9.17, 15) is 0 Å². The Kier molecular flexibility index (Phi) is 2.08. The van der Waals surface area contributed by atoms with Gasteiger partial charge < -0.3 is 10.3 Å². The van der Waals surface area contributed by atoms with Gasteiger partial charge in [-0.1, -0.05) is 24.6 Å². The van der Waals surface area contributed by atoms with Crippen molar-refractivity contribution in [2.45, 2.75) is 24.7 Å². The van der Waals surface area contributed by atoms with Gasteiger partial charge in [0.1, 0.15) is 0 Å². The Morgan fingerprint density at radius 3 is 2.69 bits per heavy atom. The van der Waals surface area contributed by atoms with Crippen molar-refractivity contribution in [3.8, 4) is 0 Å². The summed E-state index contributed by atoms with van der Waals surface area (Å²) < 4.78 is 2.22. The lowest BCUT2D eigenvalue weighted by Crippen LogP contribution is -2.41. The molecule has 0 amide bonds. The summed E-state index contributed by atoms with van der Waals surface area (Å²) in [5.74, 6) is 0. The van der Waals surface area contributed by atoms with Crippen LogP contribution in [0.2, 0.25) is 0 Å². The molecule has 1 aliphatic rings. The second-order valence-corrected chi connectivity index (χ2v) is 5.01. The molecular formula is C14H18N2. The Labute approximate surface area is 96.1 Å². The topological polar surface area (TPSA) is 30.9 Å². The number of para-hydroxylation sites is 1. The highest BCUT2D eigenvalue weighted by Gasteiger charge is 2.39. The van der Waals surface area contributed by atoms with E-state index in [1.165, 1.54) is 35.7 Å². The Hall–Kier alpha value is -1.28. The third kappa shape index (κ3) is 1.17. The normalized spacial score (nSPS) is 18.6. The van der Waals surface area contributed by atoms with Crippen molar-refractivity contribution < 1.29 is 0 Å². The second-order valence-electron chi connectivity index (χ2n) is 5.01. The Balaban J connectivity index is 2.24. The summed E-state index contributed by atoms with van der Waals surface area (Å²) in [5, 5.41) is 1.38. The lowest BCUT2D eigenvalue weighted by atomic mass is 9.64. The summed E-state index contributed by atoms with van der Waals surface area (Å²) in [6.07, 6.45) is 6.09. The first-order chi connectivity index (χ1) is 7.77. The molecule has 2 heteroatoms. The molecule has 1 heterocycles. The highest BCUT2D eigenvalue weighted by atomic mass is 14.9. The maximum atomic E-state index is 5.99. The van der Waals surface area contributed by atoms with Crippen molar-refractivity contribution in [3.05, 3.63) is 36.0 Å². The summed E-state index contributed by atoms with van der Waals surface area (Å²) in [4.78, 5) is 0. The first-order valence-corrected chi connectivity index (χ1v) is 6.01. The van der Waals surface area contributed by atoms with Crippen LogP contribution in [0.3, 0.4) is 0 Å². The van der Waals surface area contributed by atoms with Crippen LogP contribution in [0.4, 0.5) is 0 Å². The van der Waals surface area contributed by atoms with E-state index in [2.05, 4.69) is 42.1 Å². The molecule has 0 saturated heterocycles. The lowest BCUT2D eigenvalue weighted by molar-refractivity contribution is 0.255. The van der Waals surface area contributed by atoms with Gasteiger partial charge in [-0.15, -0.1) is 0 Å². The highest BCUT2D eigenvalue weighted by molar-refractivity contribution is 5.85. The number of fused-ring (bicyclic) bond motifs is 1. The standard InChI is InChI=1S/C14H18N2/c1-16-9-12(14(10-15)7-4-8-14)11-5-2-3-6-13(11)16/h2-3,5-6,9H,4,7-8,10,15H2,1H3. The molecule has 2 nitrogen and oxygen atoms in total. The first-order valence-electron chi connectivity index (χ1n) is 6.01. The van der Waals surface area contributed by atoms with Gasteiger partial charge in [-0.3, -0.25) is 0 Å². The largest absolute Gasteiger partial charge is 0.350 e. The monoisotopic (exact) mass is 214 g/mol. The fourth-order valence-electron chi connectivity index (χ4n) is 2.95. The summed E-state index contributed by atoms with van der Waals surface area (Å²) in [6, 6.07) is 8.62. The lowest BCUT2D eigenvalue weighted by Gasteiger charge is -2.41. The Morgan fingerprint density at radius 1 is 1.31 bits per heavy atom. The summed E-state index contributed by atoms with van der Waals surface area (Å²) in [7, 11) is 2.12. The maximum Gasteiger partial charge on any atom is 0.0480 e. The minimum Gasteiger partial charge on any atom is -0.350 e. The second kappa shape index (κ2) is 3.36. The molecule has 0 unspecified atom stereocenters. The number of rotatable bonds is 2. The molecule has 0 bridgehead atoms. The van der Waals surface area contributed by atoms with Crippen molar-refractivity contribution in [2.24, 2.45) is 12.8 Å². The molecule has 3 rings (SSSR count). The number of aryl methyl sites for hydroxylation is 1. The van der Waals surface area contributed by atoms with Crippen molar-refractivity contribution in [3.63, 3.8) is 0 Å². The molecule has 1 aliphatic carbocycles. The van der Waals surface area contributed by atoms with Gasteiger partial charge in [-0.05, 0) is 24.5 Å². The van der Waals surface area contributed by atoms with Gasteiger partial charge >= 0.3 is 0 Å². The summed E-state index contributed by atoms with van der Waals surface area (Å²) in [6.45, 7) is 0.779. The minimum absolute atomic E-state index is 0.265. The van der Waals surface area contributed by atoms with Gasteiger partial charge in [-0.2, -0.15) is 0 Å². The molecule has 1 fully saturated rings. The van der Waals surface area contributed by atoms with Crippen LogP contribution in [-0.2, 0) is 12.5 Å². The molecule has 1 saturated carbocycles. The van der Waals surface area contributed by atoms with Crippen LogP contribution >= 0.6 is 0 Å². The summed E-state index contributed by atoms with van der Waals surface area (Å²) in [5.41, 5.74) is 9.03. The maximum absolute atomic E-state index is 5.99. The predicted molar refractivity (Wildman–Crippen MR) is 67.5 cm³/mol. The SMILES string of the molecule is Cn1cc(C2(CN)CCC2)c2ccccc21. The fraction of sp³-hybridized carbons (Fsp3) is 0.429. The molecule has 0 aliphatic heterocycles. The smallest absolute Gasteiger partial charge is 0.0480 e. The fourth-order valence-corrected chi connectivity index (χ4v) is 2.95. The average molecular weight is 214 g/mol. The van der Waals surface area contributed by atoms with Crippen molar-refractivity contribution in [2.75, 3.05) is 6.54 Å². The third-order valence-corrected chi connectivity index (χ3v) is 4.17. The van der Waals surface area contributed by atoms with E-state index < -0.39 is 0 Å². The van der Waals surface area contributed by atoms with E-state index in [0.29, 0.717) is 0 Å². The number of benzene rings is 1. The third-order valence-electron chi connectivity index (χ3n) is 4.17. The van der Waals surface area contributed by atoms with E-state index in [4.69, 9.17) is 5.73 Å². The molecule has 1 aromatic carbocycles. The molecule has 2 aromatic rings. The molecule has 84 valence electrons. The first kappa shape index (κ1) is 9.91. The summed E-state index contributed by atoms with van der Waals surface area (Å²) >= 11 is 0. The van der Waals surface area contributed by atoms with Crippen molar-refractivity contribution in [1.82, 2.24) is 4.57 Å². The molecule has 16 heavy (non-hydrogen) atoms.